The zero-order valence-corrected chi connectivity index (χ0v) is 33.4. The Morgan fingerprint density at radius 3 is 2.35 bits per heavy atom. The number of alkyl carbamates (subject to hydrolysis) is 1. The zero-order valence-electron chi connectivity index (χ0n) is 33.4. The number of benzene rings is 1. The number of ketones is 1. The molecule has 0 spiro atoms. The lowest BCUT2D eigenvalue weighted by molar-refractivity contribution is -0.225. The Labute approximate surface area is 314 Å². The van der Waals surface area contributed by atoms with Crippen LogP contribution in [-0.4, -0.2) is 48.9 Å². The number of allylic oxidation sites excluding steroid dienone is 3. The van der Waals surface area contributed by atoms with Gasteiger partial charge in [0.15, 0.2) is 5.78 Å². The Morgan fingerprint density at radius 1 is 0.923 bits per heavy atom. The van der Waals surface area contributed by atoms with Gasteiger partial charge in [-0.25, -0.2) is 4.79 Å². The van der Waals surface area contributed by atoms with Crippen LogP contribution in [0.3, 0.4) is 0 Å². The second-order valence-electron chi connectivity index (χ2n) is 19.6. The molecule has 1 saturated heterocycles. The van der Waals surface area contributed by atoms with Crippen LogP contribution in [-0.2, 0) is 9.53 Å². The number of hydrogen-bond donors (Lipinski definition) is 1. The van der Waals surface area contributed by atoms with E-state index in [1.54, 1.807) is 6.92 Å². The van der Waals surface area contributed by atoms with Gasteiger partial charge >= 0.3 is 6.09 Å². The van der Waals surface area contributed by atoms with Gasteiger partial charge in [0, 0.05) is 31.6 Å². The number of carbonyl (C=O) groups excluding carboxylic acids is 3. The molecule has 1 heterocycles. The monoisotopic (exact) mass is 711 g/mol. The molecule has 2 amide bonds. The molecule has 0 bridgehead atoms. The molecule has 5 aliphatic carbocycles. The number of hydrogen-bond acceptors (Lipinski definition) is 4. The van der Waals surface area contributed by atoms with Crippen molar-refractivity contribution in [1.29, 1.82) is 0 Å². The fourth-order valence-electron chi connectivity index (χ4n) is 14.2. The van der Waals surface area contributed by atoms with Gasteiger partial charge in [0.2, 0.25) is 5.91 Å². The van der Waals surface area contributed by atoms with Crippen LogP contribution in [0.2, 0.25) is 0 Å². The van der Waals surface area contributed by atoms with Gasteiger partial charge in [-0.3, -0.25) is 9.59 Å². The minimum atomic E-state index is -0.308. The summed E-state index contributed by atoms with van der Waals surface area (Å²) in [4.78, 5) is 38.9. The van der Waals surface area contributed by atoms with Crippen molar-refractivity contribution in [2.24, 2.45) is 56.7 Å². The number of nitrogens with one attached hydrogen (secondary N) is 1. The number of likely N-dealkylation sites (tertiary alicyclic amines) is 1. The molecule has 52 heavy (non-hydrogen) atoms. The third kappa shape index (κ3) is 5.83. The van der Waals surface area contributed by atoms with E-state index in [1.807, 2.05) is 17.0 Å². The highest BCUT2D eigenvalue weighted by Crippen LogP contribution is 2.77. The fraction of sp³-hybridized carbons (Fsp3) is 0.717. The number of carbonyl (C=O) groups is 3. The fourth-order valence-corrected chi connectivity index (χ4v) is 14.2. The maximum atomic E-state index is 13.1. The second kappa shape index (κ2) is 13.4. The predicted octanol–water partition coefficient (Wildman–Crippen LogP) is 10.3. The van der Waals surface area contributed by atoms with Gasteiger partial charge in [-0.1, -0.05) is 77.1 Å². The van der Waals surface area contributed by atoms with Crippen molar-refractivity contribution < 1.29 is 19.1 Å². The van der Waals surface area contributed by atoms with Gasteiger partial charge < -0.3 is 15.0 Å². The van der Waals surface area contributed by atoms with E-state index in [0.717, 1.165) is 37.8 Å². The van der Waals surface area contributed by atoms with E-state index in [0.29, 0.717) is 62.1 Å². The van der Waals surface area contributed by atoms with Crippen LogP contribution in [0.15, 0.2) is 42.5 Å². The Bertz CT molecular complexity index is 1630. The lowest BCUT2D eigenvalue weighted by Gasteiger charge is -2.72. The third-order valence-corrected chi connectivity index (χ3v) is 17.0. The first kappa shape index (κ1) is 37.4. The largest absolute Gasteiger partial charge is 0.449 e. The highest BCUT2D eigenvalue weighted by Gasteiger charge is 2.70. The van der Waals surface area contributed by atoms with Crippen LogP contribution >= 0.6 is 0 Å². The van der Waals surface area contributed by atoms with Crippen LogP contribution in [0, 0.1) is 56.7 Å². The Balaban J connectivity index is 1.09. The molecule has 1 aliphatic heterocycles. The molecule has 0 radical (unpaired) electrons. The molecule has 4 saturated carbocycles. The lowest BCUT2D eigenvalue weighted by atomic mass is 9.32. The first-order valence-electron chi connectivity index (χ1n) is 20.7. The van der Waals surface area contributed by atoms with E-state index in [2.05, 4.69) is 71.6 Å². The molecule has 1 aromatic carbocycles. The molecule has 7 rings (SSSR count). The Hall–Kier alpha value is -2.89. The quantitative estimate of drug-likeness (QED) is 0.157. The third-order valence-electron chi connectivity index (χ3n) is 17.0. The number of ether oxygens (including phenoxy) is 1. The summed E-state index contributed by atoms with van der Waals surface area (Å²) in [6, 6.07) is 8.36. The molecular weight excluding hydrogens is 645 g/mol. The van der Waals surface area contributed by atoms with E-state index in [-0.39, 0.29) is 44.9 Å². The van der Waals surface area contributed by atoms with E-state index < -0.39 is 0 Å². The highest BCUT2D eigenvalue weighted by atomic mass is 16.5. The SMILES string of the molecule is C=C(C)C1CCC2(CNC(=O)OCCCN3CCCC3=O)CCC3(C)C(CCC4C5(C)CC=C(c6ccc(C(C)=O)cc6)C(C)(C)C5CCC43C)C12. The number of nitrogens with zero attached hydrogens (tertiary/aromatic N) is 1. The molecule has 1 aromatic rings. The molecule has 6 heteroatoms. The van der Waals surface area contributed by atoms with E-state index in [4.69, 9.17) is 4.74 Å². The van der Waals surface area contributed by atoms with E-state index in [1.165, 1.54) is 55.2 Å². The van der Waals surface area contributed by atoms with Crippen molar-refractivity contribution in [3.8, 4) is 0 Å². The summed E-state index contributed by atoms with van der Waals surface area (Å²) in [5.41, 5.74) is 5.69. The van der Waals surface area contributed by atoms with Crippen molar-refractivity contribution in [3.05, 3.63) is 53.6 Å². The summed E-state index contributed by atoms with van der Waals surface area (Å²) in [7, 11) is 0. The van der Waals surface area contributed by atoms with Gasteiger partial charge in [-0.05, 0) is 152 Å². The smallest absolute Gasteiger partial charge is 0.407 e. The molecule has 0 aromatic heterocycles. The number of rotatable bonds is 9. The summed E-state index contributed by atoms with van der Waals surface area (Å²) in [5.74, 6) is 3.26. The molecule has 6 aliphatic rings. The first-order valence-corrected chi connectivity index (χ1v) is 20.7. The second-order valence-corrected chi connectivity index (χ2v) is 19.6. The van der Waals surface area contributed by atoms with Crippen LogP contribution in [0.5, 0.6) is 0 Å². The molecule has 9 atom stereocenters. The van der Waals surface area contributed by atoms with Gasteiger partial charge in [-0.15, -0.1) is 0 Å². The summed E-state index contributed by atoms with van der Waals surface area (Å²) in [6.07, 6.45) is 15.4. The summed E-state index contributed by atoms with van der Waals surface area (Å²) < 4.78 is 5.67. The summed E-state index contributed by atoms with van der Waals surface area (Å²) >= 11 is 0. The maximum absolute atomic E-state index is 13.1. The summed E-state index contributed by atoms with van der Waals surface area (Å²) in [6.45, 7) is 24.0. The van der Waals surface area contributed by atoms with Crippen molar-refractivity contribution >= 4 is 23.4 Å². The van der Waals surface area contributed by atoms with Crippen molar-refractivity contribution in [2.45, 2.75) is 126 Å². The number of amides is 2. The standard InChI is InChI=1S/C46H66N2O4/c1-30(2)34-18-23-46(29-47-41(51)52-28-10-27-48-26-9-11-39(48)50)25-24-44(7)36(40(34)46)16-17-38-43(6)21-19-35(33-14-12-32(13-15-33)31(3)49)42(4,5)37(43)20-22-45(38,44)8/h12-15,19,34,36-38,40H,1,9-11,16-18,20-29H2,2-8H3,(H,47,51). The number of Topliss-reactive ketones (excluding diaryl/α,β-unsaturated/α-hetero) is 1. The molecule has 9 unspecified atom stereocenters. The molecule has 1 N–H and O–H groups in total. The van der Waals surface area contributed by atoms with Crippen molar-refractivity contribution in [2.75, 3.05) is 26.2 Å². The molecule has 6 nitrogen and oxygen atoms in total. The van der Waals surface area contributed by atoms with Crippen molar-refractivity contribution in [3.63, 3.8) is 0 Å². The van der Waals surface area contributed by atoms with Gasteiger partial charge in [0.05, 0.1) is 6.61 Å². The van der Waals surface area contributed by atoms with Crippen LogP contribution in [0.4, 0.5) is 4.79 Å². The average Bonchev–Trinajstić information content (AvgIpc) is 3.69. The lowest BCUT2D eigenvalue weighted by Crippen LogP contribution is -2.66. The Kier molecular flexibility index (Phi) is 9.68. The first-order chi connectivity index (χ1) is 24.6. The van der Waals surface area contributed by atoms with Crippen molar-refractivity contribution in [1.82, 2.24) is 10.2 Å². The Morgan fingerprint density at radius 2 is 1.67 bits per heavy atom. The minimum absolute atomic E-state index is 0.0495. The maximum Gasteiger partial charge on any atom is 0.407 e. The van der Waals surface area contributed by atoms with Crippen LogP contribution in [0.1, 0.15) is 141 Å². The van der Waals surface area contributed by atoms with E-state index in [9.17, 15) is 14.4 Å². The zero-order chi connectivity index (χ0) is 37.3. The van der Waals surface area contributed by atoms with Crippen LogP contribution < -0.4 is 5.32 Å². The van der Waals surface area contributed by atoms with Gasteiger partial charge in [0.1, 0.15) is 0 Å². The predicted molar refractivity (Wildman–Crippen MR) is 209 cm³/mol. The van der Waals surface area contributed by atoms with Gasteiger partial charge in [0.25, 0.3) is 0 Å². The van der Waals surface area contributed by atoms with Gasteiger partial charge in [-0.2, -0.15) is 0 Å². The highest BCUT2D eigenvalue weighted by molar-refractivity contribution is 5.94. The summed E-state index contributed by atoms with van der Waals surface area (Å²) in [5, 5.41) is 3.27. The normalized spacial score (nSPS) is 39.1. The minimum Gasteiger partial charge on any atom is -0.449 e. The van der Waals surface area contributed by atoms with E-state index >= 15 is 0 Å². The average molecular weight is 711 g/mol. The molecular formula is C46H66N2O4. The molecule has 284 valence electrons. The molecule has 5 fully saturated rings. The topological polar surface area (TPSA) is 75.7 Å². The number of fused-ring (bicyclic) bond motifs is 7. The van der Waals surface area contributed by atoms with Crippen LogP contribution in [0.25, 0.3) is 5.57 Å².